The molecule has 2 aromatic rings. The second-order valence-corrected chi connectivity index (χ2v) is 8.84. The van der Waals surface area contributed by atoms with Gasteiger partial charge in [-0.25, -0.2) is 0 Å². The smallest absolute Gasteiger partial charge is 0.285 e. The molecule has 7 heteroatoms. The molecule has 2 aliphatic rings. The van der Waals surface area contributed by atoms with Crippen LogP contribution in [0.5, 0.6) is 0 Å². The van der Waals surface area contributed by atoms with Crippen LogP contribution in [0.15, 0.2) is 41.3 Å². The Kier molecular flexibility index (Phi) is 5.45. The molecule has 1 atom stereocenters. The number of carbonyl (C=O) groups excluding carboxylic acids is 2. The molecule has 0 aliphatic carbocycles. The maximum absolute atomic E-state index is 12.6. The third kappa shape index (κ3) is 4.01. The van der Waals surface area contributed by atoms with Gasteiger partial charge in [-0.15, -0.1) is 0 Å². The van der Waals surface area contributed by atoms with Crippen LogP contribution >= 0.6 is 0 Å². The molecule has 0 radical (unpaired) electrons. The molecule has 1 N–H and O–H groups in total. The van der Waals surface area contributed by atoms with E-state index in [9.17, 15) is 14.4 Å². The van der Waals surface area contributed by atoms with Crippen LogP contribution in [0, 0.1) is 11.3 Å². The molecule has 1 saturated heterocycles. The quantitative estimate of drug-likeness (QED) is 0.815. The van der Waals surface area contributed by atoms with E-state index in [4.69, 9.17) is 0 Å². The molecule has 7 nitrogen and oxygen atoms in total. The van der Waals surface area contributed by atoms with Crippen molar-refractivity contribution in [2.45, 2.75) is 39.7 Å². The van der Waals surface area contributed by atoms with Crippen molar-refractivity contribution in [1.29, 1.82) is 0 Å². The first kappa shape index (κ1) is 20.3. The van der Waals surface area contributed by atoms with Crippen molar-refractivity contribution < 1.29 is 9.59 Å². The molecule has 3 heterocycles. The number of nitrogens with zero attached hydrogens (tertiary/aromatic N) is 3. The summed E-state index contributed by atoms with van der Waals surface area (Å²) in [5, 5.41) is 2.83. The molecule has 1 aromatic heterocycles. The molecule has 1 spiro atoms. The Morgan fingerprint density at radius 1 is 1.20 bits per heavy atom. The van der Waals surface area contributed by atoms with E-state index in [-0.39, 0.29) is 28.7 Å². The van der Waals surface area contributed by atoms with Crippen molar-refractivity contribution in [2.75, 3.05) is 19.6 Å². The molecule has 158 valence electrons. The van der Waals surface area contributed by atoms with Crippen molar-refractivity contribution >= 4 is 11.8 Å². The van der Waals surface area contributed by atoms with Gasteiger partial charge in [-0.1, -0.05) is 44.2 Å². The van der Waals surface area contributed by atoms with E-state index in [0.717, 1.165) is 18.5 Å². The van der Waals surface area contributed by atoms with Crippen molar-refractivity contribution in [2.24, 2.45) is 11.3 Å². The molecule has 4 rings (SSSR count). The number of hydrogen-bond donors (Lipinski definition) is 1. The minimum absolute atomic E-state index is 0.0193. The van der Waals surface area contributed by atoms with E-state index in [1.807, 2.05) is 53.6 Å². The van der Waals surface area contributed by atoms with Crippen LogP contribution in [0.2, 0.25) is 0 Å². The van der Waals surface area contributed by atoms with Crippen LogP contribution in [0.3, 0.4) is 0 Å². The summed E-state index contributed by atoms with van der Waals surface area (Å²) >= 11 is 0. The van der Waals surface area contributed by atoms with Crippen LogP contribution in [0.1, 0.15) is 42.0 Å². The molecule has 2 amide bonds. The van der Waals surface area contributed by atoms with Crippen LogP contribution in [0.4, 0.5) is 0 Å². The summed E-state index contributed by atoms with van der Waals surface area (Å²) in [6.45, 7) is 6.39. The van der Waals surface area contributed by atoms with Crippen LogP contribution in [0.25, 0.3) is 0 Å². The molecular weight excluding hydrogens is 380 g/mol. The highest BCUT2D eigenvalue weighted by molar-refractivity contribution is 5.93. The number of aromatic nitrogens is 2. The number of nitrogens with one attached hydrogen (secondary N) is 1. The minimum atomic E-state index is -0.483. The molecule has 1 fully saturated rings. The van der Waals surface area contributed by atoms with Crippen molar-refractivity contribution in [3.63, 3.8) is 0 Å². The normalized spacial score (nSPS) is 20.0. The topological polar surface area (TPSA) is 84.3 Å². The lowest BCUT2D eigenvalue weighted by molar-refractivity contribution is -0.133. The fourth-order valence-corrected chi connectivity index (χ4v) is 4.54. The first-order valence-corrected chi connectivity index (χ1v) is 10.6. The van der Waals surface area contributed by atoms with Gasteiger partial charge >= 0.3 is 0 Å². The van der Waals surface area contributed by atoms with Gasteiger partial charge in [0.05, 0.1) is 0 Å². The van der Waals surface area contributed by atoms with E-state index < -0.39 is 5.56 Å². The minimum Gasteiger partial charge on any atom is -0.351 e. The zero-order valence-corrected chi connectivity index (χ0v) is 17.6. The van der Waals surface area contributed by atoms with Gasteiger partial charge in [0.15, 0.2) is 0 Å². The number of carbonyl (C=O) groups is 2. The predicted molar refractivity (Wildman–Crippen MR) is 113 cm³/mol. The van der Waals surface area contributed by atoms with Gasteiger partial charge in [-0.2, -0.15) is 4.98 Å². The zero-order valence-electron chi connectivity index (χ0n) is 17.6. The summed E-state index contributed by atoms with van der Waals surface area (Å²) in [4.78, 5) is 43.5. The van der Waals surface area contributed by atoms with E-state index in [1.165, 1.54) is 0 Å². The van der Waals surface area contributed by atoms with Gasteiger partial charge in [-0.05, 0) is 18.4 Å². The van der Waals surface area contributed by atoms with Gasteiger partial charge < -0.3 is 14.8 Å². The number of likely N-dealkylation sites (tertiary alicyclic amines) is 1. The fourth-order valence-electron chi connectivity index (χ4n) is 4.54. The van der Waals surface area contributed by atoms with Gasteiger partial charge in [0.2, 0.25) is 5.91 Å². The summed E-state index contributed by atoms with van der Waals surface area (Å²) in [5.74, 6) is 0.473. The largest absolute Gasteiger partial charge is 0.351 e. The van der Waals surface area contributed by atoms with Crippen molar-refractivity contribution in [3.05, 3.63) is 63.8 Å². The highest BCUT2D eigenvalue weighted by Crippen LogP contribution is 2.40. The molecule has 0 bridgehead atoms. The Hall–Kier alpha value is -2.96. The molecular formula is C23H28N4O3. The summed E-state index contributed by atoms with van der Waals surface area (Å²) in [7, 11) is 0. The van der Waals surface area contributed by atoms with Crippen molar-refractivity contribution in [3.8, 4) is 0 Å². The Morgan fingerprint density at radius 2 is 1.97 bits per heavy atom. The van der Waals surface area contributed by atoms with Crippen LogP contribution < -0.4 is 10.9 Å². The Labute approximate surface area is 176 Å². The summed E-state index contributed by atoms with van der Waals surface area (Å²) in [6.07, 6.45) is 3.90. The lowest BCUT2D eigenvalue weighted by atomic mass is 9.86. The highest BCUT2D eigenvalue weighted by Gasteiger charge is 2.45. The first-order valence-electron chi connectivity index (χ1n) is 10.6. The number of rotatable bonds is 5. The third-order valence-electron chi connectivity index (χ3n) is 6.15. The number of hydrogen-bond acceptors (Lipinski definition) is 4. The zero-order chi connectivity index (χ0) is 21.3. The molecule has 0 saturated carbocycles. The number of fused-ring (bicyclic) bond motifs is 1. The lowest BCUT2D eigenvalue weighted by Crippen LogP contribution is -2.35. The van der Waals surface area contributed by atoms with E-state index in [2.05, 4.69) is 10.3 Å². The van der Waals surface area contributed by atoms with E-state index in [0.29, 0.717) is 38.3 Å². The summed E-state index contributed by atoms with van der Waals surface area (Å²) in [6, 6.07) is 9.89. The van der Waals surface area contributed by atoms with Crippen LogP contribution in [-0.4, -0.2) is 45.9 Å². The monoisotopic (exact) mass is 408 g/mol. The van der Waals surface area contributed by atoms with Gasteiger partial charge in [0.25, 0.3) is 11.5 Å². The van der Waals surface area contributed by atoms with Gasteiger partial charge in [0, 0.05) is 50.1 Å². The third-order valence-corrected chi connectivity index (χ3v) is 6.15. The Balaban J connectivity index is 1.42. The van der Waals surface area contributed by atoms with E-state index in [1.54, 1.807) is 6.20 Å². The molecule has 30 heavy (non-hydrogen) atoms. The summed E-state index contributed by atoms with van der Waals surface area (Å²) < 4.78 is 1.93. The lowest BCUT2D eigenvalue weighted by Gasteiger charge is -2.24. The maximum atomic E-state index is 12.6. The average molecular weight is 409 g/mol. The fraction of sp³-hybridized carbons (Fsp3) is 0.478. The predicted octanol–water partition coefficient (Wildman–Crippen LogP) is 1.65. The second kappa shape index (κ2) is 8.05. The first-order chi connectivity index (χ1) is 14.4. The second-order valence-electron chi connectivity index (χ2n) is 8.84. The molecule has 0 unspecified atom stereocenters. The summed E-state index contributed by atoms with van der Waals surface area (Å²) in [5.41, 5.74) is 0.644. The van der Waals surface area contributed by atoms with E-state index >= 15 is 0 Å². The van der Waals surface area contributed by atoms with Gasteiger partial charge in [-0.3, -0.25) is 14.4 Å². The Morgan fingerprint density at radius 3 is 2.70 bits per heavy atom. The van der Waals surface area contributed by atoms with Crippen molar-refractivity contribution in [1.82, 2.24) is 19.8 Å². The highest BCUT2D eigenvalue weighted by atomic mass is 16.2. The SMILES string of the molecule is CC(C)C(=O)N1CC[C@]2(Cc3nc(=O)c(C(=O)NCCc4ccccc4)cn3C2)C1. The maximum Gasteiger partial charge on any atom is 0.285 e. The standard InChI is InChI=1S/C23H28N4O3/c1-16(2)22(30)26-11-9-23(14-26)12-19-25-21(29)18(13-27(19)15-23)20(28)24-10-8-17-6-4-3-5-7-17/h3-7,13,16H,8-12,14-15H2,1-2H3,(H,24,28)/t23-/m0/s1. The van der Waals surface area contributed by atoms with Gasteiger partial charge in [0.1, 0.15) is 11.4 Å². The average Bonchev–Trinajstić information content (AvgIpc) is 3.29. The Bertz CT molecular complexity index is 1010. The number of amides is 2. The molecule has 1 aromatic carbocycles. The molecule has 2 aliphatic heterocycles. The van der Waals surface area contributed by atoms with Crippen LogP contribution in [-0.2, 0) is 24.2 Å². The number of benzene rings is 1.